The molecule has 0 aliphatic carbocycles. The average Bonchev–Trinajstić information content (AvgIpc) is 2.68. The maximum atomic E-state index is 11.9. The Bertz CT molecular complexity index is 631. The van der Waals surface area contributed by atoms with Crippen LogP contribution in [-0.4, -0.2) is 15.2 Å². The third kappa shape index (κ3) is 3.35. The average molecular weight is 406 g/mol. The van der Waals surface area contributed by atoms with Crippen molar-refractivity contribution in [3.8, 4) is 0 Å². The minimum absolute atomic E-state index is 0.0938. The number of benzene rings is 1. The van der Waals surface area contributed by atoms with E-state index in [4.69, 9.17) is 0 Å². The molecule has 2 aromatic rings. The SMILES string of the molecule is CCc1cc(Br)cc2sc(NC(=O)C(C)(C)Br)nc12. The second-order valence-electron chi connectivity index (χ2n) is 4.71. The first-order valence-corrected chi connectivity index (χ1v) is 8.31. The van der Waals surface area contributed by atoms with Crippen LogP contribution in [0.25, 0.3) is 10.2 Å². The van der Waals surface area contributed by atoms with Crippen LogP contribution >= 0.6 is 43.2 Å². The van der Waals surface area contributed by atoms with E-state index in [0.29, 0.717) is 5.13 Å². The van der Waals surface area contributed by atoms with Crippen LogP contribution in [0.1, 0.15) is 26.3 Å². The molecule has 19 heavy (non-hydrogen) atoms. The Hall–Kier alpha value is -0.460. The topological polar surface area (TPSA) is 42.0 Å². The van der Waals surface area contributed by atoms with Crippen LogP contribution < -0.4 is 5.32 Å². The lowest BCUT2D eigenvalue weighted by Gasteiger charge is -2.13. The van der Waals surface area contributed by atoms with Crippen molar-refractivity contribution >= 4 is 64.5 Å². The van der Waals surface area contributed by atoms with E-state index in [-0.39, 0.29) is 5.91 Å². The minimum atomic E-state index is -0.598. The van der Waals surface area contributed by atoms with Crippen LogP contribution in [0.15, 0.2) is 16.6 Å². The smallest absolute Gasteiger partial charge is 0.242 e. The van der Waals surface area contributed by atoms with Crippen molar-refractivity contribution in [2.24, 2.45) is 0 Å². The van der Waals surface area contributed by atoms with E-state index in [0.717, 1.165) is 21.1 Å². The predicted molar refractivity (Wildman–Crippen MR) is 88.3 cm³/mol. The number of thiazole rings is 1. The van der Waals surface area contributed by atoms with Crippen LogP contribution in [0.3, 0.4) is 0 Å². The maximum absolute atomic E-state index is 11.9. The summed E-state index contributed by atoms with van der Waals surface area (Å²) in [5, 5.41) is 3.49. The van der Waals surface area contributed by atoms with Gasteiger partial charge < -0.3 is 5.32 Å². The van der Waals surface area contributed by atoms with Gasteiger partial charge >= 0.3 is 0 Å². The maximum Gasteiger partial charge on any atom is 0.242 e. The monoisotopic (exact) mass is 404 g/mol. The molecule has 1 aromatic carbocycles. The summed E-state index contributed by atoms with van der Waals surface area (Å²) in [5.41, 5.74) is 2.15. The van der Waals surface area contributed by atoms with E-state index in [2.05, 4.69) is 55.2 Å². The Balaban J connectivity index is 2.39. The number of fused-ring (bicyclic) bond motifs is 1. The van der Waals surface area contributed by atoms with Gasteiger partial charge in [0.1, 0.15) is 0 Å². The highest BCUT2D eigenvalue weighted by Crippen LogP contribution is 2.32. The van der Waals surface area contributed by atoms with Crippen LogP contribution in [0.4, 0.5) is 5.13 Å². The molecule has 2 rings (SSSR count). The first-order valence-electron chi connectivity index (χ1n) is 5.90. The first kappa shape index (κ1) is 14.9. The summed E-state index contributed by atoms with van der Waals surface area (Å²) in [6, 6.07) is 4.10. The number of nitrogens with one attached hydrogen (secondary N) is 1. The quantitative estimate of drug-likeness (QED) is 0.749. The number of aromatic nitrogens is 1. The molecular weight excluding hydrogens is 392 g/mol. The number of hydrogen-bond acceptors (Lipinski definition) is 3. The minimum Gasteiger partial charge on any atom is -0.301 e. The lowest BCUT2D eigenvalue weighted by molar-refractivity contribution is -0.117. The third-order valence-corrected chi connectivity index (χ3v) is 4.42. The number of rotatable bonds is 3. The van der Waals surface area contributed by atoms with Crippen molar-refractivity contribution in [2.75, 3.05) is 5.32 Å². The van der Waals surface area contributed by atoms with Crippen molar-refractivity contribution in [2.45, 2.75) is 31.5 Å². The predicted octanol–water partition coefficient (Wildman–Crippen LogP) is 4.73. The number of alkyl halides is 1. The molecule has 0 aliphatic heterocycles. The molecule has 102 valence electrons. The summed E-state index contributed by atoms with van der Waals surface area (Å²) in [6.45, 7) is 5.72. The zero-order valence-electron chi connectivity index (χ0n) is 10.9. The lowest BCUT2D eigenvalue weighted by atomic mass is 10.1. The second-order valence-corrected chi connectivity index (χ2v) is 8.64. The van der Waals surface area contributed by atoms with Gasteiger partial charge in [-0.2, -0.15) is 0 Å². The summed E-state index contributed by atoms with van der Waals surface area (Å²) in [6.07, 6.45) is 0.914. The fourth-order valence-corrected chi connectivity index (χ4v) is 3.33. The van der Waals surface area contributed by atoms with Gasteiger partial charge in [-0.1, -0.05) is 50.1 Å². The normalized spacial score (nSPS) is 11.8. The molecule has 1 aromatic heterocycles. The molecule has 1 heterocycles. The van der Waals surface area contributed by atoms with Gasteiger partial charge in [0.2, 0.25) is 5.91 Å². The van der Waals surface area contributed by atoms with Gasteiger partial charge in [-0.15, -0.1) is 0 Å². The zero-order chi connectivity index (χ0) is 14.2. The standard InChI is InChI=1S/C13H14Br2N2OS/c1-4-7-5-8(14)6-9-10(7)16-12(19-9)17-11(18)13(2,3)15/h5-6H,4H2,1-3H3,(H,16,17,18). The number of carbonyl (C=O) groups excluding carboxylic acids is 1. The molecule has 0 bridgehead atoms. The molecule has 0 saturated heterocycles. The Morgan fingerprint density at radius 1 is 1.47 bits per heavy atom. The van der Waals surface area contributed by atoms with Gasteiger partial charge in [-0.3, -0.25) is 4.79 Å². The van der Waals surface area contributed by atoms with E-state index < -0.39 is 4.32 Å². The molecule has 0 aliphatic rings. The van der Waals surface area contributed by atoms with Gasteiger partial charge in [-0.05, 0) is 38.0 Å². The van der Waals surface area contributed by atoms with Crippen molar-refractivity contribution < 1.29 is 4.79 Å². The fraction of sp³-hybridized carbons (Fsp3) is 0.385. The summed E-state index contributed by atoms with van der Waals surface area (Å²) in [5.74, 6) is -0.0938. The zero-order valence-corrected chi connectivity index (χ0v) is 14.9. The van der Waals surface area contributed by atoms with Crippen molar-refractivity contribution in [3.05, 3.63) is 22.2 Å². The van der Waals surface area contributed by atoms with Gasteiger partial charge in [0.25, 0.3) is 0 Å². The summed E-state index contributed by atoms with van der Waals surface area (Å²) in [4.78, 5) is 16.5. The lowest BCUT2D eigenvalue weighted by Crippen LogP contribution is -2.30. The molecule has 0 atom stereocenters. The van der Waals surface area contributed by atoms with Crippen molar-refractivity contribution in [1.29, 1.82) is 0 Å². The molecule has 3 nitrogen and oxygen atoms in total. The highest BCUT2D eigenvalue weighted by molar-refractivity contribution is 9.10. The van der Waals surface area contributed by atoms with Crippen LogP contribution in [0.5, 0.6) is 0 Å². The number of carbonyl (C=O) groups is 1. The fourth-order valence-electron chi connectivity index (χ4n) is 1.63. The van der Waals surface area contributed by atoms with E-state index >= 15 is 0 Å². The van der Waals surface area contributed by atoms with Crippen molar-refractivity contribution in [1.82, 2.24) is 4.98 Å². The van der Waals surface area contributed by atoms with Gasteiger partial charge in [-0.25, -0.2) is 4.98 Å². The molecule has 0 unspecified atom stereocenters. The van der Waals surface area contributed by atoms with E-state index in [1.54, 1.807) is 0 Å². The van der Waals surface area contributed by atoms with Crippen LogP contribution in [0, 0.1) is 0 Å². The van der Waals surface area contributed by atoms with Gasteiger partial charge in [0.05, 0.1) is 14.5 Å². The summed E-state index contributed by atoms with van der Waals surface area (Å²) >= 11 is 8.33. The third-order valence-electron chi connectivity index (χ3n) is 2.68. The Morgan fingerprint density at radius 3 is 2.74 bits per heavy atom. The number of halogens is 2. The largest absolute Gasteiger partial charge is 0.301 e. The molecule has 0 fully saturated rings. The van der Waals surface area contributed by atoms with Gasteiger partial charge in [0, 0.05) is 4.47 Å². The molecule has 1 amide bonds. The molecule has 6 heteroatoms. The van der Waals surface area contributed by atoms with Gasteiger partial charge in [0.15, 0.2) is 5.13 Å². The Morgan fingerprint density at radius 2 is 2.16 bits per heavy atom. The molecule has 0 spiro atoms. The van der Waals surface area contributed by atoms with E-state index in [1.807, 2.05) is 19.9 Å². The Labute approximate surface area is 133 Å². The van der Waals surface area contributed by atoms with Crippen molar-refractivity contribution in [3.63, 3.8) is 0 Å². The molecule has 1 N–H and O–H groups in total. The molecule has 0 saturated carbocycles. The number of hydrogen-bond donors (Lipinski definition) is 1. The number of nitrogens with zero attached hydrogens (tertiary/aromatic N) is 1. The first-order chi connectivity index (χ1) is 8.81. The highest BCUT2D eigenvalue weighted by Gasteiger charge is 2.24. The van der Waals surface area contributed by atoms with E-state index in [1.165, 1.54) is 16.9 Å². The molecular formula is C13H14Br2N2OS. The molecule has 0 radical (unpaired) electrons. The second kappa shape index (κ2) is 5.50. The highest BCUT2D eigenvalue weighted by atomic mass is 79.9. The number of anilines is 1. The summed E-state index contributed by atoms with van der Waals surface area (Å²) < 4.78 is 1.52. The number of aryl methyl sites for hydroxylation is 1. The number of amides is 1. The van der Waals surface area contributed by atoms with E-state index in [9.17, 15) is 4.79 Å². The van der Waals surface area contributed by atoms with Crippen LogP contribution in [-0.2, 0) is 11.2 Å². The Kier molecular flexibility index (Phi) is 4.32. The summed E-state index contributed by atoms with van der Waals surface area (Å²) in [7, 11) is 0. The van der Waals surface area contributed by atoms with Crippen LogP contribution in [0.2, 0.25) is 0 Å².